The van der Waals surface area contributed by atoms with Gasteiger partial charge in [-0.15, -0.1) is 0 Å². The molecule has 0 aliphatic carbocycles. The van der Waals surface area contributed by atoms with Gasteiger partial charge in [-0.2, -0.15) is 4.72 Å². The molecule has 3 aromatic carbocycles. The van der Waals surface area contributed by atoms with Gasteiger partial charge < -0.3 is 20.5 Å². The first-order valence-corrected chi connectivity index (χ1v) is 13.6. The number of carboxylic acids is 1. The highest BCUT2D eigenvalue weighted by molar-refractivity contribution is 7.89. The summed E-state index contributed by atoms with van der Waals surface area (Å²) in [6, 6.07) is 23.5. The average molecular weight is 522 g/mol. The predicted octanol–water partition coefficient (Wildman–Crippen LogP) is 3.70. The van der Waals surface area contributed by atoms with E-state index in [4.69, 9.17) is 0 Å². The summed E-state index contributed by atoms with van der Waals surface area (Å²) >= 11 is 0. The van der Waals surface area contributed by atoms with Crippen LogP contribution in [0.15, 0.2) is 90.0 Å². The molecule has 1 fully saturated rings. The van der Waals surface area contributed by atoms with Crippen LogP contribution in [-0.4, -0.2) is 49.1 Å². The highest BCUT2D eigenvalue weighted by Crippen LogP contribution is 2.30. The largest absolute Gasteiger partial charge is 0.480 e. The molecule has 0 amide bonds. The first-order chi connectivity index (χ1) is 17.4. The third kappa shape index (κ3) is 5.85. The number of H-pyrrole nitrogens is 1. The molecule has 0 saturated carbocycles. The van der Waals surface area contributed by atoms with Crippen LogP contribution >= 0.6 is 0 Å². The van der Waals surface area contributed by atoms with E-state index in [1.165, 1.54) is 5.56 Å². The van der Waals surface area contributed by atoms with Crippen LogP contribution in [0.2, 0.25) is 0 Å². The van der Waals surface area contributed by atoms with Crippen molar-refractivity contribution in [1.29, 1.82) is 0 Å². The molecule has 5 N–H and O–H groups in total. The Hall–Kier alpha value is -3.66. The first kappa shape index (κ1) is 26.4. The fourth-order valence-corrected chi connectivity index (χ4v) is 6.18. The molecule has 5 rings (SSSR count). The third-order valence-corrected chi connectivity index (χ3v) is 8.46. The second kappa shape index (κ2) is 11.2. The summed E-state index contributed by atoms with van der Waals surface area (Å²) in [6.45, 7) is 1.80. The number of fused-ring (bicyclic) bond motifs is 1. The van der Waals surface area contributed by atoms with Gasteiger partial charge in [0.05, 0.1) is 4.90 Å². The highest BCUT2D eigenvalue weighted by Gasteiger charge is 2.27. The Labute approximate surface area is 216 Å². The summed E-state index contributed by atoms with van der Waals surface area (Å²) in [5.41, 5.74) is 3.96. The average Bonchev–Trinajstić information content (AvgIpc) is 3.32. The minimum absolute atomic E-state index is 0. The van der Waals surface area contributed by atoms with E-state index in [-0.39, 0.29) is 16.8 Å². The topological polar surface area (TPSA) is 134 Å². The Balaban J connectivity index is 0.00000320. The van der Waals surface area contributed by atoms with Crippen LogP contribution in [0.25, 0.3) is 10.9 Å². The molecule has 1 aromatic heterocycles. The van der Waals surface area contributed by atoms with Crippen LogP contribution in [0, 0.1) is 0 Å². The van der Waals surface area contributed by atoms with Gasteiger partial charge in [0.15, 0.2) is 0 Å². The zero-order valence-corrected chi connectivity index (χ0v) is 21.1. The number of aromatic amines is 1. The molecular weight excluding hydrogens is 490 g/mol. The second-order valence-electron chi connectivity index (χ2n) is 9.24. The van der Waals surface area contributed by atoms with Gasteiger partial charge in [0.2, 0.25) is 10.0 Å². The molecule has 2 heterocycles. The number of piperidine rings is 1. The van der Waals surface area contributed by atoms with Gasteiger partial charge in [0.25, 0.3) is 0 Å². The van der Waals surface area contributed by atoms with Crippen LogP contribution in [0.3, 0.4) is 0 Å². The van der Waals surface area contributed by atoms with Crippen LogP contribution in [0.1, 0.15) is 29.9 Å². The van der Waals surface area contributed by atoms with E-state index < -0.39 is 22.0 Å². The Kier molecular flexibility index (Phi) is 7.97. The summed E-state index contributed by atoms with van der Waals surface area (Å²) in [6.07, 6.45) is 3.84. The zero-order valence-electron chi connectivity index (χ0n) is 20.3. The molecule has 9 heteroatoms. The molecule has 0 bridgehead atoms. The highest BCUT2D eigenvalue weighted by atomic mass is 32.2. The van der Waals surface area contributed by atoms with E-state index >= 15 is 0 Å². The van der Waals surface area contributed by atoms with E-state index in [2.05, 4.69) is 38.9 Å². The van der Waals surface area contributed by atoms with Crippen LogP contribution in [0.4, 0.5) is 5.69 Å². The number of carbonyl (C=O) groups is 1. The molecule has 194 valence electrons. The Bertz CT molecular complexity index is 1440. The van der Waals surface area contributed by atoms with Crippen LogP contribution in [-0.2, 0) is 21.2 Å². The van der Waals surface area contributed by atoms with Gasteiger partial charge in [-0.05, 0) is 60.2 Å². The minimum Gasteiger partial charge on any atom is -0.480 e. The molecule has 1 atom stereocenters. The van der Waals surface area contributed by atoms with E-state index in [1.54, 1.807) is 30.5 Å². The van der Waals surface area contributed by atoms with Crippen molar-refractivity contribution in [3.63, 3.8) is 0 Å². The van der Waals surface area contributed by atoms with Crippen LogP contribution in [0.5, 0.6) is 0 Å². The third-order valence-electron chi connectivity index (χ3n) is 6.97. The van der Waals surface area contributed by atoms with Crippen molar-refractivity contribution in [2.45, 2.75) is 36.1 Å². The van der Waals surface area contributed by atoms with Gasteiger partial charge >= 0.3 is 5.97 Å². The second-order valence-corrected chi connectivity index (χ2v) is 11.0. The van der Waals surface area contributed by atoms with E-state index in [0.29, 0.717) is 5.92 Å². The summed E-state index contributed by atoms with van der Waals surface area (Å²) in [5, 5.41) is 10.6. The van der Waals surface area contributed by atoms with Gasteiger partial charge in [-0.1, -0.05) is 48.5 Å². The van der Waals surface area contributed by atoms with Gasteiger partial charge in [0.1, 0.15) is 6.04 Å². The normalized spacial score (nSPS) is 15.3. The van der Waals surface area contributed by atoms with E-state index in [9.17, 15) is 18.3 Å². The summed E-state index contributed by atoms with van der Waals surface area (Å²) < 4.78 is 28.4. The molecule has 1 saturated heterocycles. The summed E-state index contributed by atoms with van der Waals surface area (Å²) in [5.74, 6) is -0.682. The Morgan fingerprint density at radius 3 is 2.30 bits per heavy atom. The number of para-hydroxylation sites is 1. The van der Waals surface area contributed by atoms with Crippen molar-refractivity contribution in [3.05, 3.63) is 96.2 Å². The number of carboxylic acid groups (broad SMARTS) is 1. The maximum atomic E-state index is 13.0. The molecule has 8 nitrogen and oxygen atoms in total. The number of hydrogen-bond acceptors (Lipinski definition) is 4. The van der Waals surface area contributed by atoms with Crippen LogP contribution < -0.4 is 9.62 Å². The van der Waals surface area contributed by atoms with E-state index in [1.807, 2.05) is 30.3 Å². The van der Waals surface area contributed by atoms with Gasteiger partial charge in [-0.25, -0.2) is 8.42 Å². The van der Waals surface area contributed by atoms with Crippen molar-refractivity contribution in [3.8, 4) is 0 Å². The van der Waals surface area contributed by atoms with Crippen molar-refractivity contribution >= 4 is 32.6 Å². The number of aliphatic carboxylic acids is 1. The number of hydrogen-bond donors (Lipinski definition) is 3. The lowest BCUT2D eigenvalue weighted by Gasteiger charge is -2.34. The maximum absolute atomic E-state index is 13.0. The Morgan fingerprint density at radius 2 is 1.62 bits per heavy atom. The van der Waals surface area contributed by atoms with Gasteiger partial charge in [0, 0.05) is 42.3 Å². The number of aromatic nitrogens is 1. The number of sulfonamides is 1. The maximum Gasteiger partial charge on any atom is 0.322 e. The number of nitrogens with zero attached hydrogens (tertiary/aromatic N) is 1. The molecular formula is C28H31N3O5S. The van der Waals surface area contributed by atoms with Crippen molar-refractivity contribution in [2.24, 2.45) is 0 Å². The first-order valence-electron chi connectivity index (χ1n) is 12.1. The number of rotatable bonds is 8. The zero-order chi connectivity index (χ0) is 25.1. The van der Waals surface area contributed by atoms with Crippen molar-refractivity contribution < 1.29 is 23.8 Å². The van der Waals surface area contributed by atoms with Crippen molar-refractivity contribution in [1.82, 2.24) is 9.71 Å². The molecule has 0 radical (unpaired) electrons. The standard InChI is InChI=1S/C28H29N3O4S.H2O/c32-28(33)27(18-22-19-29-26-9-5-4-8-25(22)26)30-36(34,35)24-12-10-23(11-13-24)31-16-14-21(15-17-31)20-6-2-1-3-7-20;/h1-13,19,21,27,29-30H,14-18H2,(H,32,33);1H2/t27-;/m1./s1. The summed E-state index contributed by atoms with van der Waals surface area (Å²) in [4.78, 5) is 17.3. The Morgan fingerprint density at radius 1 is 0.973 bits per heavy atom. The molecule has 0 unspecified atom stereocenters. The predicted molar refractivity (Wildman–Crippen MR) is 144 cm³/mol. The number of nitrogens with one attached hydrogen (secondary N) is 2. The lowest BCUT2D eigenvalue weighted by Crippen LogP contribution is -2.42. The molecule has 1 aliphatic rings. The van der Waals surface area contributed by atoms with Gasteiger partial charge in [-0.3, -0.25) is 4.79 Å². The fourth-order valence-electron chi connectivity index (χ4n) is 4.99. The smallest absolute Gasteiger partial charge is 0.322 e. The molecule has 0 spiro atoms. The number of anilines is 1. The number of benzene rings is 3. The molecule has 1 aliphatic heterocycles. The fraction of sp³-hybridized carbons (Fsp3) is 0.250. The van der Waals surface area contributed by atoms with E-state index in [0.717, 1.165) is 48.1 Å². The molecule has 37 heavy (non-hydrogen) atoms. The lowest BCUT2D eigenvalue weighted by atomic mass is 9.89. The molecule has 4 aromatic rings. The lowest BCUT2D eigenvalue weighted by molar-refractivity contribution is -0.138. The monoisotopic (exact) mass is 521 g/mol. The minimum atomic E-state index is -4.01. The SMILES string of the molecule is O.O=C(O)[C@@H](Cc1c[nH]c2ccccc12)NS(=O)(=O)c1ccc(N2CCC(c3ccccc3)CC2)cc1. The van der Waals surface area contributed by atoms with Crippen molar-refractivity contribution in [2.75, 3.05) is 18.0 Å². The summed E-state index contributed by atoms with van der Waals surface area (Å²) in [7, 11) is -4.01. The quantitative estimate of drug-likeness (QED) is 0.325.